The third-order valence-electron chi connectivity index (χ3n) is 6.06. The first-order valence-electron chi connectivity index (χ1n) is 9.49. The molecule has 2 saturated heterocycles. The Morgan fingerprint density at radius 3 is 2.59 bits per heavy atom. The number of likely N-dealkylation sites (N-methyl/N-ethyl adjacent to an activating group) is 1. The van der Waals surface area contributed by atoms with E-state index in [1.165, 1.54) is 6.20 Å². The van der Waals surface area contributed by atoms with Gasteiger partial charge < -0.3 is 24.6 Å². The fraction of sp³-hybridized carbons (Fsp3) is 0.529. The summed E-state index contributed by atoms with van der Waals surface area (Å²) in [6.45, 7) is 3.13. The number of nitrogens with zero attached hydrogens (tertiary/aromatic N) is 7. The molecule has 0 radical (unpaired) electrons. The average Bonchev–Trinajstić information content (AvgIpc) is 3.39. The number of nitrogens with one attached hydrogen (secondary N) is 2. The van der Waals surface area contributed by atoms with E-state index in [4.69, 9.17) is 0 Å². The Balaban J connectivity index is 1.24. The second-order valence-corrected chi connectivity index (χ2v) is 7.74. The average molecular weight is 399 g/mol. The van der Waals surface area contributed by atoms with E-state index < -0.39 is 0 Å². The van der Waals surface area contributed by atoms with Crippen LogP contribution in [-0.2, 0) is 13.0 Å². The Labute approximate surface area is 165 Å². The molecule has 0 unspecified atom stereocenters. The van der Waals surface area contributed by atoms with Crippen LogP contribution in [-0.4, -0.2) is 103 Å². The van der Waals surface area contributed by atoms with Gasteiger partial charge >= 0.3 is 6.03 Å². The van der Waals surface area contributed by atoms with Gasteiger partial charge in [-0.2, -0.15) is 15.4 Å². The largest absolute Gasteiger partial charge is 0.335 e. The summed E-state index contributed by atoms with van der Waals surface area (Å²) in [7, 11) is 1.76. The number of H-pyrrole nitrogens is 1. The standard InChI is InChI=1S/C17H21N9O3/c1-23-16(29)18-8-17(23)9-26(10-17)15(28)12-7-25-5-4-24(3-2-13(25)20-12)14(27)11-6-19-22-21-11/h6-7H,2-5,8-10H2,1H3,(H,18,29)(H,19,21,22). The minimum absolute atomic E-state index is 0.101. The highest BCUT2D eigenvalue weighted by atomic mass is 16.2. The highest BCUT2D eigenvalue weighted by molar-refractivity contribution is 5.94. The van der Waals surface area contributed by atoms with Crippen molar-refractivity contribution in [3.63, 3.8) is 0 Å². The van der Waals surface area contributed by atoms with E-state index in [-0.39, 0.29) is 29.1 Å². The number of urea groups is 1. The molecule has 12 heteroatoms. The summed E-state index contributed by atoms with van der Waals surface area (Å²) in [4.78, 5) is 46.6. The van der Waals surface area contributed by atoms with E-state index in [1.807, 2.05) is 4.57 Å². The lowest BCUT2D eigenvalue weighted by Crippen LogP contribution is -2.70. The zero-order valence-electron chi connectivity index (χ0n) is 16.0. The van der Waals surface area contributed by atoms with Crippen LogP contribution in [0.25, 0.3) is 0 Å². The molecule has 2 aromatic rings. The van der Waals surface area contributed by atoms with Crippen LogP contribution >= 0.6 is 0 Å². The SMILES string of the molecule is CN1C(=O)NCC12CN(C(=O)c1cn3c(n1)CCN(C(=O)c1cn[nH]n1)CC3)C2. The summed E-state index contributed by atoms with van der Waals surface area (Å²) in [5.41, 5.74) is 0.397. The lowest BCUT2D eigenvalue weighted by molar-refractivity contribution is 0.00736. The first-order chi connectivity index (χ1) is 14.0. The topological polar surface area (TPSA) is 132 Å². The zero-order valence-corrected chi connectivity index (χ0v) is 16.0. The van der Waals surface area contributed by atoms with Gasteiger partial charge in [-0.1, -0.05) is 0 Å². The quantitative estimate of drug-likeness (QED) is 0.635. The molecule has 29 heavy (non-hydrogen) atoms. The molecule has 0 atom stereocenters. The summed E-state index contributed by atoms with van der Waals surface area (Å²) in [6, 6.07) is -0.101. The fourth-order valence-electron chi connectivity index (χ4n) is 4.18. The molecule has 3 aliphatic heterocycles. The highest BCUT2D eigenvalue weighted by Crippen LogP contribution is 2.31. The Hall–Kier alpha value is -3.44. The van der Waals surface area contributed by atoms with Crippen LogP contribution in [0.1, 0.15) is 26.8 Å². The van der Waals surface area contributed by atoms with Gasteiger partial charge in [-0.15, -0.1) is 0 Å². The van der Waals surface area contributed by atoms with E-state index in [2.05, 4.69) is 25.7 Å². The molecular formula is C17H21N9O3. The van der Waals surface area contributed by atoms with Crippen LogP contribution in [0, 0.1) is 0 Å². The molecule has 3 aliphatic rings. The molecule has 2 aromatic heterocycles. The highest BCUT2D eigenvalue weighted by Gasteiger charge is 2.53. The van der Waals surface area contributed by atoms with E-state index in [9.17, 15) is 14.4 Å². The third-order valence-corrected chi connectivity index (χ3v) is 6.06. The van der Waals surface area contributed by atoms with Gasteiger partial charge in [-0.05, 0) is 0 Å². The number of hydrogen-bond acceptors (Lipinski definition) is 6. The van der Waals surface area contributed by atoms with Gasteiger partial charge in [0.05, 0.1) is 11.7 Å². The third kappa shape index (κ3) is 2.74. The molecule has 5 heterocycles. The molecule has 4 amide bonds. The predicted octanol–water partition coefficient (Wildman–Crippen LogP) is -1.45. The van der Waals surface area contributed by atoms with Crippen LogP contribution in [0.2, 0.25) is 0 Å². The normalized spacial score (nSPS) is 20.3. The van der Waals surface area contributed by atoms with Crippen molar-refractivity contribution in [2.24, 2.45) is 0 Å². The van der Waals surface area contributed by atoms with Crippen molar-refractivity contribution in [2.45, 2.75) is 18.5 Å². The maximum absolute atomic E-state index is 12.8. The fourth-order valence-corrected chi connectivity index (χ4v) is 4.18. The van der Waals surface area contributed by atoms with E-state index in [0.29, 0.717) is 51.4 Å². The van der Waals surface area contributed by atoms with Crippen molar-refractivity contribution >= 4 is 17.8 Å². The van der Waals surface area contributed by atoms with Gasteiger partial charge in [0.25, 0.3) is 11.8 Å². The van der Waals surface area contributed by atoms with Gasteiger partial charge in [-0.25, -0.2) is 9.78 Å². The Bertz CT molecular complexity index is 951. The first kappa shape index (κ1) is 17.6. The van der Waals surface area contributed by atoms with Crippen molar-refractivity contribution < 1.29 is 14.4 Å². The predicted molar refractivity (Wildman–Crippen MR) is 98.0 cm³/mol. The van der Waals surface area contributed by atoms with Gasteiger partial charge in [0.1, 0.15) is 11.5 Å². The van der Waals surface area contributed by atoms with E-state index in [1.54, 1.807) is 27.9 Å². The van der Waals surface area contributed by atoms with Gasteiger partial charge in [0.15, 0.2) is 5.69 Å². The molecule has 2 fully saturated rings. The number of carbonyl (C=O) groups excluding carboxylic acids is 3. The Morgan fingerprint density at radius 2 is 1.90 bits per heavy atom. The van der Waals surface area contributed by atoms with Crippen LogP contribution in [0.3, 0.4) is 0 Å². The first-order valence-corrected chi connectivity index (χ1v) is 9.49. The maximum atomic E-state index is 12.8. The number of hydrogen-bond donors (Lipinski definition) is 2. The number of aromatic nitrogens is 5. The molecule has 5 rings (SSSR count). The molecule has 2 N–H and O–H groups in total. The number of likely N-dealkylation sites (tertiary alicyclic amines) is 1. The van der Waals surface area contributed by atoms with E-state index in [0.717, 1.165) is 5.82 Å². The molecule has 0 saturated carbocycles. The number of fused-ring (bicyclic) bond motifs is 1. The van der Waals surface area contributed by atoms with Crippen molar-refractivity contribution in [1.29, 1.82) is 0 Å². The summed E-state index contributed by atoms with van der Waals surface area (Å²) in [6.07, 6.45) is 3.73. The summed E-state index contributed by atoms with van der Waals surface area (Å²) in [5.74, 6) is 0.490. The van der Waals surface area contributed by atoms with Crippen LogP contribution in [0.15, 0.2) is 12.4 Å². The number of carbonyl (C=O) groups is 3. The summed E-state index contributed by atoms with van der Waals surface area (Å²) < 4.78 is 1.94. The van der Waals surface area contributed by atoms with E-state index >= 15 is 0 Å². The lowest BCUT2D eigenvalue weighted by Gasteiger charge is -2.50. The lowest BCUT2D eigenvalue weighted by atomic mass is 9.89. The van der Waals surface area contributed by atoms with Crippen molar-refractivity contribution in [1.82, 2.24) is 45.0 Å². The second kappa shape index (κ2) is 6.29. The number of aromatic amines is 1. The number of rotatable bonds is 2. The minimum Gasteiger partial charge on any atom is -0.335 e. The molecule has 0 aliphatic carbocycles. The van der Waals surface area contributed by atoms with Gasteiger partial charge in [-0.3, -0.25) is 9.59 Å². The van der Waals surface area contributed by atoms with Gasteiger partial charge in [0.2, 0.25) is 0 Å². The maximum Gasteiger partial charge on any atom is 0.317 e. The number of imidazole rings is 1. The molecule has 152 valence electrons. The van der Waals surface area contributed by atoms with Crippen LogP contribution in [0.5, 0.6) is 0 Å². The minimum atomic E-state index is -0.300. The molecule has 1 spiro atoms. The Kier molecular flexibility index (Phi) is 3.83. The van der Waals surface area contributed by atoms with Gasteiger partial charge in [0, 0.05) is 58.9 Å². The molecule has 0 aromatic carbocycles. The summed E-state index contributed by atoms with van der Waals surface area (Å²) in [5, 5.41) is 12.8. The van der Waals surface area contributed by atoms with Crippen LogP contribution in [0.4, 0.5) is 4.79 Å². The van der Waals surface area contributed by atoms with Crippen molar-refractivity contribution in [3.05, 3.63) is 29.6 Å². The second-order valence-electron chi connectivity index (χ2n) is 7.74. The zero-order chi connectivity index (χ0) is 20.2. The molecule has 12 nitrogen and oxygen atoms in total. The Morgan fingerprint density at radius 1 is 1.10 bits per heavy atom. The summed E-state index contributed by atoms with van der Waals surface area (Å²) >= 11 is 0. The molecular weight excluding hydrogens is 378 g/mol. The smallest absolute Gasteiger partial charge is 0.317 e. The van der Waals surface area contributed by atoms with Crippen LogP contribution < -0.4 is 5.32 Å². The van der Waals surface area contributed by atoms with Crippen molar-refractivity contribution in [3.8, 4) is 0 Å². The monoisotopic (exact) mass is 399 g/mol. The van der Waals surface area contributed by atoms with Crippen molar-refractivity contribution in [2.75, 3.05) is 39.8 Å². The number of amides is 4. The molecule has 0 bridgehead atoms.